The van der Waals surface area contributed by atoms with Gasteiger partial charge in [-0.15, -0.1) is 24.0 Å². The normalized spacial score (nSPS) is 12.7. The first kappa shape index (κ1) is 20.0. The first-order chi connectivity index (χ1) is 9.63. The van der Waals surface area contributed by atoms with Crippen LogP contribution in [0.5, 0.6) is 0 Å². The molecule has 0 aliphatic carbocycles. The van der Waals surface area contributed by atoms with Crippen molar-refractivity contribution in [2.45, 2.75) is 39.7 Å². The SMILES string of the molecule is CCCCNC(N)=NCC(Nc1ccccc1)C(C)C.I. The molecule has 5 heteroatoms. The summed E-state index contributed by atoms with van der Waals surface area (Å²) in [6.07, 6.45) is 2.27. The van der Waals surface area contributed by atoms with Crippen molar-refractivity contribution in [1.29, 1.82) is 0 Å². The van der Waals surface area contributed by atoms with Crippen LogP contribution in [0, 0.1) is 5.92 Å². The molecule has 0 fully saturated rings. The average Bonchev–Trinajstić information content (AvgIpc) is 2.44. The summed E-state index contributed by atoms with van der Waals surface area (Å²) in [6.45, 7) is 8.11. The highest BCUT2D eigenvalue weighted by molar-refractivity contribution is 14.0. The number of halogens is 1. The number of guanidine groups is 1. The summed E-state index contributed by atoms with van der Waals surface area (Å²) in [5.74, 6) is 1.03. The lowest BCUT2D eigenvalue weighted by molar-refractivity contribution is 0.531. The van der Waals surface area contributed by atoms with Gasteiger partial charge in [0.15, 0.2) is 5.96 Å². The molecule has 1 aromatic rings. The maximum absolute atomic E-state index is 5.87. The molecule has 4 N–H and O–H groups in total. The Morgan fingerprint density at radius 3 is 2.48 bits per heavy atom. The molecule has 0 aliphatic rings. The van der Waals surface area contributed by atoms with Gasteiger partial charge in [-0.1, -0.05) is 45.4 Å². The summed E-state index contributed by atoms with van der Waals surface area (Å²) < 4.78 is 0. The second-order valence-electron chi connectivity index (χ2n) is 5.37. The van der Waals surface area contributed by atoms with E-state index in [-0.39, 0.29) is 30.0 Å². The third-order valence-corrected chi connectivity index (χ3v) is 3.23. The second kappa shape index (κ2) is 11.7. The number of anilines is 1. The molecule has 0 spiro atoms. The number of nitrogens with two attached hydrogens (primary N) is 1. The molecule has 21 heavy (non-hydrogen) atoms. The Bertz CT molecular complexity index is 393. The Balaban J connectivity index is 0.00000400. The molecule has 0 amide bonds. The number of aliphatic imine (C=N–C) groups is 1. The first-order valence-corrected chi connectivity index (χ1v) is 7.48. The molecule has 1 rings (SSSR count). The van der Waals surface area contributed by atoms with E-state index in [1.807, 2.05) is 18.2 Å². The summed E-state index contributed by atoms with van der Waals surface area (Å²) in [5.41, 5.74) is 6.99. The van der Waals surface area contributed by atoms with Crippen molar-refractivity contribution >= 4 is 35.6 Å². The Kier molecular flexibility index (Phi) is 11.1. The standard InChI is InChI=1S/C16H28N4.HI/c1-4-5-11-18-16(17)19-12-15(13(2)3)20-14-9-7-6-8-10-14;/h6-10,13,15,20H,4-5,11-12H2,1-3H3,(H3,17,18,19);1H. The number of hydrogen-bond donors (Lipinski definition) is 3. The zero-order valence-corrected chi connectivity index (χ0v) is 15.6. The van der Waals surface area contributed by atoms with Gasteiger partial charge in [-0.2, -0.15) is 0 Å². The fraction of sp³-hybridized carbons (Fsp3) is 0.562. The summed E-state index contributed by atoms with van der Waals surface area (Å²) in [5, 5.41) is 6.65. The van der Waals surface area contributed by atoms with E-state index in [4.69, 9.17) is 5.73 Å². The van der Waals surface area contributed by atoms with Crippen LogP contribution in [0.25, 0.3) is 0 Å². The van der Waals surface area contributed by atoms with Crippen molar-refractivity contribution in [1.82, 2.24) is 5.32 Å². The molecule has 1 aromatic carbocycles. The molecule has 0 heterocycles. The van der Waals surface area contributed by atoms with E-state index in [0.29, 0.717) is 18.4 Å². The Morgan fingerprint density at radius 1 is 1.24 bits per heavy atom. The Hall–Kier alpha value is -0.980. The minimum absolute atomic E-state index is 0. The minimum Gasteiger partial charge on any atom is -0.380 e. The van der Waals surface area contributed by atoms with Crippen molar-refractivity contribution in [2.75, 3.05) is 18.4 Å². The number of rotatable bonds is 8. The molecule has 4 nitrogen and oxygen atoms in total. The van der Waals surface area contributed by atoms with Gasteiger partial charge in [0.2, 0.25) is 0 Å². The highest BCUT2D eigenvalue weighted by Crippen LogP contribution is 2.12. The number of para-hydroxylation sites is 1. The summed E-state index contributed by atoms with van der Waals surface area (Å²) in [4.78, 5) is 4.43. The second-order valence-corrected chi connectivity index (χ2v) is 5.37. The third-order valence-electron chi connectivity index (χ3n) is 3.23. The monoisotopic (exact) mass is 404 g/mol. The van der Waals surface area contributed by atoms with Gasteiger partial charge in [-0.05, 0) is 24.5 Å². The molecular formula is C16H29IN4. The number of benzene rings is 1. The molecule has 1 atom stereocenters. The molecule has 120 valence electrons. The fourth-order valence-corrected chi connectivity index (χ4v) is 1.82. The largest absolute Gasteiger partial charge is 0.380 e. The van der Waals surface area contributed by atoms with E-state index in [1.54, 1.807) is 0 Å². The fourth-order valence-electron chi connectivity index (χ4n) is 1.82. The van der Waals surface area contributed by atoms with Crippen molar-refractivity contribution in [3.63, 3.8) is 0 Å². The van der Waals surface area contributed by atoms with Crippen LogP contribution in [0.3, 0.4) is 0 Å². The predicted molar refractivity (Wildman–Crippen MR) is 104 cm³/mol. The zero-order chi connectivity index (χ0) is 14.8. The molecule has 0 saturated heterocycles. The van der Waals surface area contributed by atoms with Crippen LogP contribution < -0.4 is 16.4 Å². The highest BCUT2D eigenvalue weighted by Gasteiger charge is 2.12. The van der Waals surface area contributed by atoms with E-state index in [1.165, 1.54) is 0 Å². The third kappa shape index (κ3) is 8.80. The van der Waals surface area contributed by atoms with E-state index in [9.17, 15) is 0 Å². The summed E-state index contributed by atoms with van der Waals surface area (Å²) >= 11 is 0. The maximum atomic E-state index is 5.87. The molecule has 0 aliphatic heterocycles. The van der Waals surface area contributed by atoms with Gasteiger partial charge in [0.05, 0.1) is 6.54 Å². The van der Waals surface area contributed by atoms with Gasteiger partial charge in [0, 0.05) is 18.3 Å². The number of unbranched alkanes of at least 4 members (excludes halogenated alkanes) is 1. The van der Waals surface area contributed by atoms with E-state index < -0.39 is 0 Å². The molecule has 0 saturated carbocycles. The van der Waals surface area contributed by atoms with E-state index >= 15 is 0 Å². The topological polar surface area (TPSA) is 62.4 Å². The van der Waals surface area contributed by atoms with E-state index in [2.05, 4.69) is 48.5 Å². The number of nitrogens with zero attached hydrogens (tertiary/aromatic N) is 1. The molecule has 0 bridgehead atoms. The highest BCUT2D eigenvalue weighted by atomic mass is 127. The maximum Gasteiger partial charge on any atom is 0.188 e. The smallest absolute Gasteiger partial charge is 0.188 e. The van der Waals surface area contributed by atoms with Gasteiger partial charge in [-0.3, -0.25) is 4.99 Å². The number of nitrogens with one attached hydrogen (secondary N) is 2. The lowest BCUT2D eigenvalue weighted by atomic mass is 10.0. The zero-order valence-electron chi connectivity index (χ0n) is 13.3. The average molecular weight is 404 g/mol. The van der Waals surface area contributed by atoms with Crippen LogP contribution in [0.4, 0.5) is 5.69 Å². The van der Waals surface area contributed by atoms with Gasteiger partial charge in [0.25, 0.3) is 0 Å². The quantitative estimate of drug-likeness (QED) is 0.269. The van der Waals surface area contributed by atoms with Crippen LogP contribution in [0.1, 0.15) is 33.6 Å². The minimum atomic E-state index is 0. The van der Waals surface area contributed by atoms with Crippen LogP contribution in [-0.4, -0.2) is 25.1 Å². The first-order valence-electron chi connectivity index (χ1n) is 7.48. The van der Waals surface area contributed by atoms with Crippen molar-refractivity contribution < 1.29 is 0 Å². The van der Waals surface area contributed by atoms with Gasteiger partial charge >= 0.3 is 0 Å². The van der Waals surface area contributed by atoms with Crippen molar-refractivity contribution in [3.8, 4) is 0 Å². The van der Waals surface area contributed by atoms with Crippen molar-refractivity contribution in [2.24, 2.45) is 16.6 Å². The van der Waals surface area contributed by atoms with Crippen LogP contribution in [-0.2, 0) is 0 Å². The Morgan fingerprint density at radius 2 is 1.90 bits per heavy atom. The molecule has 0 radical (unpaired) electrons. The summed E-state index contributed by atoms with van der Waals surface area (Å²) in [6, 6.07) is 10.5. The van der Waals surface area contributed by atoms with Crippen LogP contribution in [0.15, 0.2) is 35.3 Å². The van der Waals surface area contributed by atoms with Crippen LogP contribution >= 0.6 is 24.0 Å². The number of hydrogen-bond acceptors (Lipinski definition) is 2. The van der Waals surface area contributed by atoms with Crippen LogP contribution in [0.2, 0.25) is 0 Å². The molecular weight excluding hydrogens is 375 g/mol. The van der Waals surface area contributed by atoms with E-state index in [0.717, 1.165) is 25.1 Å². The lowest BCUT2D eigenvalue weighted by Gasteiger charge is -2.22. The van der Waals surface area contributed by atoms with Gasteiger partial charge in [-0.25, -0.2) is 0 Å². The lowest BCUT2D eigenvalue weighted by Crippen LogP contribution is -2.35. The van der Waals surface area contributed by atoms with Crippen molar-refractivity contribution in [3.05, 3.63) is 30.3 Å². The van der Waals surface area contributed by atoms with Gasteiger partial charge in [0.1, 0.15) is 0 Å². The molecule has 1 unspecified atom stereocenters. The predicted octanol–water partition coefficient (Wildman–Crippen LogP) is 3.45. The molecule has 0 aromatic heterocycles. The summed E-state index contributed by atoms with van der Waals surface area (Å²) in [7, 11) is 0. The Labute approximate surface area is 146 Å². The van der Waals surface area contributed by atoms with Gasteiger partial charge < -0.3 is 16.4 Å².